The number of nitrogens with one attached hydrogen (secondary N) is 1. The van der Waals surface area contributed by atoms with E-state index in [1.54, 1.807) is 11.8 Å². The van der Waals surface area contributed by atoms with E-state index < -0.39 is 0 Å². The summed E-state index contributed by atoms with van der Waals surface area (Å²) < 4.78 is 0. The molecular formula is C14H15N3S. The van der Waals surface area contributed by atoms with Crippen molar-refractivity contribution < 1.29 is 0 Å². The highest BCUT2D eigenvalue weighted by Gasteiger charge is 2.12. The van der Waals surface area contributed by atoms with Crippen molar-refractivity contribution in [1.29, 1.82) is 0 Å². The van der Waals surface area contributed by atoms with E-state index >= 15 is 0 Å². The molecule has 1 aromatic heterocycles. The summed E-state index contributed by atoms with van der Waals surface area (Å²) in [5, 5.41) is 5.55. The Bertz CT molecular complexity index is 594. The summed E-state index contributed by atoms with van der Waals surface area (Å²) in [5.74, 6) is 1.82. The van der Waals surface area contributed by atoms with E-state index in [2.05, 4.69) is 40.4 Å². The van der Waals surface area contributed by atoms with E-state index in [1.807, 2.05) is 18.3 Å². The van der Waals surface area contributed by atoms with Crippen LogP contribution in [0.3, 0.4) is 0 Å². The van der Waals surface area contributed by atoms with Crippen molar-refractivity contribution in [3.63, 3.8) is 0 Å². The Morgan fingerprint density at radius 1 is 1.33 bits per heavy atom. The van der Waals surface area contributed by atoms with Crippen molar-refractivity contribution in [3.8, 4) is 0 Å². The van der Waals surface area contributed by atoms with Crippen molar-refractivity contribution in [2.45, 2.75) is 6.92 Å². The molecule has 0 spiro atoms. The fourth-order valence-electron chi connectivity index (χ4n) is 1.91. The van der Waals surface area contributed by atoms with Crippen LogP contribution in [0.25, 0.3) is 10.9 Å². The lowest BCUT2D eigenvalue weighted by Gasteiger charge is -2.18. The zero-order valence-electron chi connectivity index (χ0n) is 10.3. The van der Waals surface area contributed by atoms with E-state index in [1.165, 1.54) is 0 Å². The van der Waals surface area contributed by atoms with Gasteiger partial charge in [0.25, 0.3) is 0 Å². The van der Waals surface area contributed by atoms with Crippen LogP contribution in [0.4, 0.5) is 5.69 Å². The first kappa shape index (κ1) is 11.5. The molecule has 1 N–H and O–H groups in total. The fraction of sp³-hybridized carbons (Fsp3) is 0.286. The van der Waals surface area contributed by atoms with E-state index in [0.717, 1.165) is 34.1 Å². The van der Waals surface area contributed by atoms with Crippen LogP contribution in [0.15, 0.2) is 41.5 Å². The van der Waals surface area contributed by atoms with Gasteiger partial charge >= 0.3 is 0 Å². The van der Waals surface area contributed by atoms with Crippen LogP contribution in [0.2, 0.25) is 0 Å². The Morgan fingerprint density at radius 3 is 3.11 bits per heavy atom. The van der Waals surface area contributed by atoms with Gasteiger partial charge < -0.3 is 5.32 Å². The van der Waals surface area contributed by atoms with Crippen LogP contribution in [0, 0.1) is 5.92 Å². The van der Waals surface area contributed by atoms with Crippen LogP contribution in [-0.2, 0) is 0 Å². The molecule has 3 rings (SSSR count). The van der Waals surface area contributed by atoms with Gasteiger partial charge in [0.2, 0.25) is 0 Å². The Labute approximate surface area is 111 Å². The molecule has 2 aromatic rings. The quantitative estimate of drug-likeness (QED) is 0.851. The standard InChI is InChI=1S/C14H15N3S/c1-10-8-16-14(18-9-10)17-12-4-5-13-11(7-12)3-2-6-15-13/h2-7,10H,8-9H2,1H3,(H,16,17). The highest BCUT2D eigenvalue weighted by atomic mass is 32.2. The lowest BCUT2D eigenvalue weighted by Crippen LogP contribution is -2.18. The number of pyridine rings is 1. The molecule has 0 aliphatic carbocycles. The number of thioether (sulfide) groups is 1. The minimum atomic E-state index is 0.682. The Balaban J connectivity index is 1.82. The molecule has 3 nitrogen and oxygen atoms in total. The molecule has 18 heavy (non-hydrogen) atoms. The molecule has 1 aromatic carbocycles. The summed E-state index contributed by atoms with van der Waals surface area (Å²) in [7, 11) is 0. The second kappa shape index (κ2) is 4.98. The second-order valence-electron chi connectivity index (χ2n) is 4.60. The van der Waals surface area contributed by atoms with Gasteiger partial charge in [0.1, 0.15) is 0 Å². The zero-order valence-corrected chi connectivity index (χ0v) is 11.1. The van der Waals surface area contributed by atoms with Crippen LogP contribution >= 0.6 is 11.8 Å². The minimum Gasteiger partial charge on any atom is -0.335 e. The van der Waals surface area contributed by atoms with E-state index in [9.17, 15) is 0 Å². The topological polar surface area (TPSA) is 37.3 Å². The smallest absolute Gasteiger partial charge is 0.161 e. The van der Waals surface area contributed by atoms with Crippen LogP contribution in [0.5, 0.6) is 0 Å². The molecule has 0 fully saturated rings. The normalized spacial score (nSPS) is 19.6. The van der Waals surface area contributed by atoms with Crippen molar-refractivity contribution in [2.75, 3.05) is 17.6 Å². The Hall–Kier alpha value is -1.55. The monoisotopic (exact) mass is 257 g/mol. The first-order valence-electron chi connectivity index (χ1n) is 6.10. The molecule has 0 saturated heterocycles. The lowest BCUT2D eigenvalue weighted by molar-refractivity contribution is 0.674. The average molecular weight is 257 g/mol. The van der Waals surface area contributed by atoms with Crippen molar-refractivity contribution in [3.05, 3.63) is 36.5 Å². The number of aliphatic imine (C=N–C) groups is 1. The third-order valence-electron chi connectivity index (χ3n) is 2.91. The highest BCUT2D eigenvalue weighted by Crippen LogP contribution is 2.21. The molecule has 1 aliphatic rings. The maximum Gasteiger partial charge on any atom is 0.161 e. The molecule has 1 unspecified atom stereocenters. The van der Waals surface area contributed by atoms with Crippen molar-refractivity contribution in [2.24, 2.45) is 10.9 Å². The first-order chi connectivity index (χ1) is 8.81. The van der Waals surface area contributed by atoms with Crippen molar-refractivity contribution in [1.82, 2.24) is 4.98 Å². The molecule has 4 heteroatoms. The molecular weight excluding hydrogens is 242 g/mol. The van der Waals surface area contributed by atoms with Gasteiger partial charge in [-0.1, -0.05) is 24.8 Å². The molecule has 1 aliphatic heterocycles. The number of hydrogen-bond acceptors (Lipinski definition) is 4. The van der Waals surface area contributed by atoms with Gasteiger partial charge in [0.05, 0.1) is 5.52 Å². The molecule has 0 saturated carbocycles. The van der Waals surface area contributed by atoms with Crippen LogP contribution in [-0.4, -0.2) is 22.4 Å². The fourth-order valence-corrected chi connectivity index (χ4v) is 2.81. The summed E-state index contributed by atoms with van der Waals surface area (Å²) in [6.45, 7) is 3.15. The zero-order chi connectivity index (χ0) is 12.4. The summed E-state index contributed by atoms with van der Waals surface area (Å²) in [6.07, 6.45) is 1.82. The van der Waals surface area contributed by atoms with Gasteiger partial charge in [0.15, 0.2) is 5.17 Å². The number of nitrogens with zero attached hydrogens (tertiary/aromatic N) is 2. The predicted octanol–water partition coefficient (Wildman–Crippen LogP) is 3.39. The average Bonchev–Trinajstić information content (AvgIpc) is 2.41. The van der Waals surface area contributed by atoms with E-state index in [0.29, 0.717) is 5.92 Å². The molecule has 0 bridgehead atoms. The van der Waals surface area contributed by atoms with Gasteiger partial charge in [-0.2, -0.15) is 0 Å². The van der Waals surface area contributed by atoms with Gasteiger partial charge in [0, 0.05) is 29.6 Å². The van der Waals surface area contributed by atoms with E-state index in [4.69, 9.17) is 0 Å². The first-order valence-corrected chi connectivity index (χ1v) is 7.09. The third-order valence-corrected chi connectivity index (χ3v) is 4.15. The highest BCUT2D eigenvalue weighted by molar-refractivity contribution is 8.14. The SMILES string of the molecule is CC1CN=C(Nc2ccc3ncccc3c2)SC1. The van der Waals surface area contributed by atoms with Gasteiger partial charge in [-0.15, -0.1) is 0 Å². The molecule has 0 amide bonds. The molecule has 2 heterocycles. The summed E-state index contributed by atoms with van der Waals surface area (Å²) in [6, 6.07) is 10.2. The predicted molar refractivity (Wildman–Crippen MR) is 79.3 cm³/mol. The number of amidine groups is 1. The number of benzene rings is 1. The number of aromatic nitrogens is 1. The van der Waals surface area contributed by atoms with Gasteiger partial charge in [-0.3, -0.25) is 9.98 Å². The number of fused-ring (bicyclic) bond motifs is 1. The summed E-state index contributed by atoms with van der Waals surface area (Å²) in [5.41, 5.74) is 2.10. The largest absolute Gasteiger partial charge is 0.335 e. The van der Waals surface area contributed by atoms with Gasteiger partial charge in [-0.25, -0.2) is 0 Å². The van der Waals surface area contributed by atoms with E-state index in [-0.39, 0.29) is 0 Å². The second-order valence-corrected chi connectivity index (χ2v) is 5.61. The van der Waals surface area contributed by atoms with Crippen LogP contribution in [0.1, 0.15) is 6.92 Å². The van der Waals surface area contributed by atoms with Crippen LogP contribution < -0.4 is 5.32 Å². The number of anilines is 1. The lowest BCUT2D eigenvalue weighted by atomic mass is 10.2. The molecule has 1 atom stereocenters. The third kappa shape index (κ3) is 2.48. The molecule has 0 radical (unpaired) electrons. The number of hydrogen-bond donors (Lipinski definition) is 1. The maximum atomic E-state index is 4.54. The van der Waals surface area contributed by atoms with Crippen molar-refractivity contribution >= 4 is 33.5 Å². The maximum absolute atomic E-state index is 4.54. The Morgan fingerprint density at radius 2 is 2.28 bits per heavy atom. The number of rotatable bonds is 1. The van der Waals surface area contributed by atoms with Gasteiger partial charge in [-0.05, 0) is 30.2 Å². The summed E-state index contributed by atoms with van der Waals surface area (Å²) >= 11 is 1.79. The molecule has 92 valence electrons. The minimum absolute atomic E-state index is 0.682. The Kier molecular flexibility index (Phi) is 3.19. The summed E-state index contributed by atoms with van der Waals surface area (Å²) in [4.78, 5) is 8.85.